The Morgan fingerprint density at radius 2 is 1.30 bits per heavy atom. The number of nitrogens with zero attached hydrogens (tertiary/aromatic N) is 3. The first kappa shape index (κ1) is 26.5. The zero-order valence-corrected chi connectivity index (χ0v) is 25.6. The van der Waals surface area contributed by atoms with Crippen LogP contribution in [0.25, 0.3) is 48.9 Å². The van der Waals surface area contributed by atoms with Gasteiger partial charge in [-0.25, -0.2) is 9.55 Å². The number of aromatic nitrogens is 3. The summed E-state index contributed by atoms with van der Waals surface area (Å²) in [6.45, 7) is 15.8. The van der Waals surface area contributed by atoms with Crippen molar-refractivity contribution in [3.8, 4) is 27.6 Å². The Kier molecular flexibility index (Phi) is 6.62. The summed E-state index contributed by atoms with van der Waals surface area (Å²) in [7, 11) is 2.21. The molecule has 2 aromatic heterocycles. The predicted octanol–water partition coefficient (Wildman–Crippen LogP) is 9.57. The average molecular weight is 545 g/mol. The molecule has 0 unspecified atom stereocenters. The van der Waals surface area contributed by atoms with Crippen LogP contribution in [0.4, 0.5) is 0 Å². The van der Waals surface area contributed by atoms with Crippen molar-refractivity contribution >= 4 is 32.6 Å². The normalized spacial score (nSPS) is 11.9. The van der Waals surface area contributed by atoms with E-state index in [0.29, 0.717) is 11.8 Å². The summed E-state index contributed by atoms with van der Waals surface area (Å²) in [5.74, 6) is 1.96. The molecule has 0 saturated heterocycles. The van der Waals surface area contributed by atoms with Crippen molar-refractivity contribution in [1.29, 1.82) is 0 Å². The van der Waals surface area contributed by atoms with Crippen LogP contribution in [-0.4, -0.2) is 9.55 Å². The third kappa shape index (κ3) is 4.08. The van der Waals surface area contributed by atoms with Crippen LogP contribution < -0.4 is 4.57 Å². The number of hydrogen-bond donors (Lipinski definition) is 0. The summed E-state index contributed by atoms with van der Waals surface area (Å²) in [6, 6.07) is 26.7. The van der Waals surface area contributed by atoms with Crippen molar-refractivity contribution in [1.82, 2.24) is 9.55 Å². The molecule has 0 aliphatic rings. The standard InChI is InChI=1S/C36H38N3S/c1-21(2)26-15-12-16-27(22(3)4)34(26)39-29-18-10-9-17-28(29)38(8)36(39)32-25(7)19-20-30-33(32)37-35(40-30)31-23(5)13-11-14-24(31)6/h9-22H,1-8H3/q+1. The van der Waals surface area contributed by atoms with Gasteiger partial charge in [0.15, 0.2) is 11.0 Å². The number of hydrogen-bond acceptors (Lipinski definition) is 2. The molecule has 0 aliphatic heterocycles. The third-order valence-corrected chi connectivity index (χ3v) is 9.31. The first-order chi connectivity index (χ1) is 19.2. The van der Waals surface area contributed by atoms with E-state index in [2.05, 4.69) is 137 Å². The molecule has 6 rings (SSSR count). The Hall–Kier alpha value is -3.76. The van der Waals surface area contributed by atoms with E-state index in [4.69, 9.17) is 4.98 Å². The fourth-order valence-corrected chi connectivity index (χ4v) is 7.38. The Bertz CT molecular complexity index is 1860. The van der Waals surface area contributed by atoms with Crippen molar-refractivity contribution in [2.75, 3.05) is 0 Å². The van der Waals surface area contributed by atoms with Crippen LogP contribution >= 0.6 is 11.3 Å². The molecular formula is C36H38N3S+. The molecule has 4 heteroatoms. The predicted molar refractivity (Wildman–Crippen MR) is 171 cm³/mol. The highest BCUT2D eigenvalue weighted by Crippen LogP contribution is 2.42. The lowest BCUT2D eigenvalue weighted by molar-refractivity contribution is -0.633. The Labute approximate surface area is 241 Å². The second-order valence-electron chi connectivity index (χ2n) is 11.7. The number of benzene rings is 4. The highest BCUT2D eigenvalue weighted by atomic mass is 32.1. The third-order valence-electron chi connectivity index (χ3n) is 8.27. The van der Waals surface area contributed by atoms with E-state index >= 15 is 0 Å². The molecule has 0 saturated carbocycles. The van der Waals surface area contributed by atoms with Gasteiger partial charge in [-0.05, 0) is 67.5 Å². The Morgan fingerprint density at radius 3 is 1.95 bits per heavy atom. The molecule has 0 atom stereocenters. The van der Waals surface area contributed by atoms with Gasteiger partial charge >= 0.3 is 0 Å². The molecular weight excluding hydrogens is 506 g/mol. The molecule has 0 bridgehead atoms. The second kappa shape index (κ2) is 10.0. The summed E-state index contributed by atoms with van der Waals surface area (Å²) in [4.78, 5) is 5.39. The molecule has 3 nitrogen and oxygen atoms in total. The highest BCUT2D eigenvalue weighted by Gasteiger charge is 2.33. The van der Waals surface area contributed by atoms with Gasteiger partial charge in [0.1, 0.15) is 10.7 Å². The summed E-state index contributed by atoms with van der Waals surface area (Å²) in [5, 5.41) is 1.09. The van der Waals surface area contributed by atoms with Gasteiger partial charge in [-0.15, -0.1) is 11.3 Å². The zero-order chi connectivity index (χ0) is 28.3. The maximum atomic E-state index is 5.39. The van der Waals surface area contributed by atoms with Gasteiger partial charge in [0, 0.05) is 16.7 Å². The number of thiazole rings is 1. The van der Waals surface area contributed by atoms with E-state index in [0.717, 1.165) is 10.5 Å². The molecule has 0 N–H and O–H groups in total. The smallest absolute Gasteiger partial charge is 0.235 e. The fourth-order valence-electron chi connectivity index (χ4n) is 6.23. The Balaban J connectivity index is 1.76. The molecule has 0 spiro atoms. The lowest BCUT2D eigenvalue weighted by atomic mass is 9.92. The number of aryl methyl sites for hydroxylation is 4. The quantitative estimate of drug-likeness (QED) is 0.198. The second-order valence-corrected chi connectivity index (χ2v) is 12.7. The van der Waals surface area contributed by atoms with Crippen molar-refractivity contribution in [2.45, 2.75) is 60.3 Å². The van der Waals surface area contributed by atoms with Crippen LogP contribution in [0.2, 0.25) is 0 Å². The van der Waals surface area contributed by atoms with E-state index < -0.39 is 0 Å². The van der Waals surface area contributed by atoms with E-state index in [1.54, 1.807) is 11.3 Å². The highest BCUT2D eigenvalue weighted by molar-refractivity contribution is 7.21. The van der Waals surface area contributed by atoms with Crippen LogP contribution in [0, 0.1) is 20.8 Å². The van der Waals surface area contributed by atoms with Crippen molar-refractivity contribution in [3.05, 3.63) is 101 Å². The summed E-state index contributed by atoms with van der Waals surface area (Å²) < 4.78 is 6.12. The summed E-state index contributed by atoms with van der Waals surface area (Å²) in [5.41, 5.74) is 13.8. The first-order valence-corrected chi connectivity index (χ1v) is 15.1. The molecule has 0 fully saturated rings. The average Bonchev–Trinajstić information content (AvgIpc) is 3.47. The van der Waals surface area contributed by atoms with Crippen molar-refractivity contribution in [2.24, 2.45) is 7.05 Å². The van der Waals surface area contributed by atoms with Gasteiger partial charge in [-0.2, -0.15) is 4.57 Å². The minimum absolute atomic E-state index is 0.389. The maximum Gasteiger partial charge on any atom is 0.297 e. The SMILES string of the molecule is Cc1cccc(C)c1-c1nc2c(-c3n(-c4c(C(C)C)cccc4C(C)C)c4ccccc4[n+]3C)c(C)ccc2s1. The topological polar surface area (TPSA) is 21.7 Å². The largest absolute Gasteiger partial charge is 0.297 e. The fraction of sp³-hybridized carbons (Fsp3) is 0.278. The van der Waals surface area contributed by atoms with Crippen LogP contribution in [0.1, 0.15) is 67.3 Å². The molecule has 0 amide bonds. The van der Waals surface area contributed by atoms with E-state index in [1.165, 1.54) is 66.2 Å². The van der Waals surface area contributed by atoms with Crippen LogP contribution in [0.3, 0.4) is 0 Å². The molecule has 0 radical (unpaired) electrons. The number of fused-ring (bicyclic) bond motifs is 2. The van der Waals surface area contributed by atoms with Gasteiger partial charge in [-0.3, -0.25) is 0 Å². The lowest BCUT2D eigenvalue weighted by Gasteiger charge is -2.18. The number of para-hydroxylation sites is 3. The molecule has 4 aromatic carbocycles. The summed E-state index contributed by atoms with van der Waals surface area (Å²) >= 11 is 1.80. The van der Waals surface area contributed by atoms with Gasteiger partial charge < -0.3 is 0 Å². The minimum atomic E-state index is 0.389. The number of imidazole rings is 1. The molecule has 6 aromatic rings. The minimum Gasteiger partial charge on any atom is -0.235 e. The van der Waals surface area contributed by atoms with Gasteiger partial charge in [0.2, 0.25) is 0 Å². The monoisotopic (exact) mass is 544 g/mol. The maximum absolute atomic E-state index is 5.39. The van der Waals surface area contributed by atoms with E-state index in [9.17, 15) is 0 Å². The summed E-state index contributed by atoms with van der Waals surface area (Å²) in [6.07, 6.45) is 0. The molecule has 2 heterocycles. The van der Waals surface area contributed by atoms with Gasteiger partial charge in [-0.1, -0.05) is 82.3 Å². The van der Waals surface area contributed by atoms with Crippen LogP contribution in [0.5, 0.6) is 0 Å². The Morgan fingerprint density at radius 1 is 0.700 bits per heavy atom. The van der Waals surface area contributed by atoms with Crippen molar-refractivity contribution < 1.29 is 4.57 Å². The van der Waals surface area contributed by atoms with E-state index in [1.807, 2.05) is 0 Å². The first-order valence-electron chi connectivity index (χ1n) is 14.3. The lowest BCUT2D eigenvalue weighted by Crippen LogP contribution is -2.30. The van der Waals surface area contributed by atoms with Gasteiger partial charge in [0.25, 0.3) is 5.82 Å². The van der Waals surface area contributed by atoms with Crippen molar-refractivity contribution in [3.63, 3.8) is 0 Å². The van der Waals surface area contributed by atoms with Crippen LogP contribution in [0.15, 0.2) is 72.8 Å². The van der Waals surface area contributed by atoms with E-state index in [-0.39, 0.29) is 0 Å². The molecule has 202 valence electrons. The zero-order valence-electron chi connectivity index (χ0n) is 24.8. The van der Waals surface area contributed by atoms with Crippen LogP contribution in [-0.2, 0) is 7.05 Å². The molecule has 40 heavy (non-hydrogen) atoms. The number of rotatable bonds is 5. The molecule has 0 aliphatic carbocycles. The van der Waals surface area contributed by atoms with Gasteiger partial charge in [0.05, 0.1) is 22.8 Å².